The van der Waals surface area contributed by atoms with Crippen molar-refractivity contribution in [2.24, 2.45) is 4.99 Å². The molecule has 2 rings (SSSR count). The zero-order chi connectivity index (χ0) is 17.2. The van der Waals surface area contributed by atoms with Crippen LogP contribution in [-0.2, 0) is 15.9 Å². The summed E-state index contributed by atoms with van der Waals surface area (Å²) in [5.74, 6) is 1.79. The van der Waals surface area contributed by atoms with Gasteiger partial charge in [0.15, 0.2) is 5.96 Å². The Hall–Kier alpha value is -0.800. The predicted molar refractivity (Wildman–Crippen MR) is 111 cm³/mol. The SMILES string of the molecule is CCC(C)NC(=NCCc1ccco1)NC(C)COC1CCOC1.I. The topological polar surface area (TPSA) is 68.0 Å². The first-order valence-corrected chi connectivity index (χ1v) is 8.96. The molecule has 1 aliphatic heterocycles. The highest BCUT2D eigenvalue weighted by atomic mass is 127. The largest absolute Gasteiger partial charge is 0.469 e. The molecule has 0 bridgehead atoms. The van der Waals surface area contributed by atoms with Crippen molar-refractivity contribution in [1.29, 1.82) is 0 Å². The number of nitrogens with one attached hydrogen (secondary N) is 2. The van der Waals surface area contributed by atoms with Crippen LogP contribution in [0, 0.1) is 0 Å². The van der Waals surface area contributed by atoms with Gasteiger partial charge in [0.05, 0.1) is 25.6 Å². The molecule has 144 valence electrons. The Bertz CT molecular complexity index is 476. The molecule has 25 heavy (non-hydrogen) atoms. The summed E-state index contributed by atoms with van der Waals surface area (Å²) < 4.78 is 16.6. The quantitative estimate of drug-likeness (QED) is 0.334. The van der Waals surface area contributed by atoms with E-state index in [0.29, 0.717) is 25.8 Å². The summed E-state index contributed by atoms with van der Waals surface area (Å²) in [6.45, 7) is 9.27. The number of hydrogen-bond acceptors (Lipinski definition) is 4. The highest BCUT2D eigenvalue weighted by Crippen LogP contribution is 2.08. The van der Waals surface area contributed by atoms with Gasteiger partial charge in [0.2, 0.25) is 0 Å². The second kappa shape index (κ2) is 12.5. The Morgan fingerprint density at radius 2 is 2.16 bits per heavy atom. The molecule has 3 unspecified atom stereocenters. The molecule has 0 aromatic carbocycles. The Labute approximate surface area is 168 Å². The minimum absolute atomic E-state index is 0. The molecule has 0 amide bonds. The van der Waals surface area contributed by atoms with Crippen molar-refractivity contribution in [1.82, 2.24) is 10.6 Å². The van der Waals surface area contributed by atoms with Crippen LogP contribution in [0.2, 0.25) is 0 Å². The van der Waals surface area contributed by atoms with E-state index in [2.05, 4.69) is 36.4 Å². The average molecular weight is 465 g/mol. The minimum atomic E-state index is 0. The first-order valence-electron chi connectivity index (χ1n) is 8.96. The van der Waals surface area contributed by atoms with E-state index in [4.69, 9.17) is 13.9 Å². The number of rotatable bonds is 9. The molecule has 2 N–H and O–H groups in total. The number of guanidine groups is 1. The lowest BCUT2D eigenvalue weighted by molar-refractivity contribution is 0.0347. The molecule has 3 atom stereocenters. The number of ether oxygens (including phenoxy) is 2. The summed E-state index contributed by atoms with van der Waals surface area (Å²) in [7, 11) is 0. The molecular formula is C18H32IN3O3. The third kappa shape index (κ3) is 8.91. The maximum absolute atomic E-state index is 5.88. The maximum atomic E-state index is 5.88. The molecule has 0 saturated carbocycles. The maximum Gasteiger partial charge on any atom is 0.191 e. The van der Waals surface area contributed by atoms with Gasteiger partial charge in [-0.3, -0.25) is 4.99 Å². The standard InChI is InChI=1S/C18H31N3O3.HI/c1-4-14(2)20-18(19-9-7-16-6-5-10-23-16)21-15(3)12-24-17-8-11-22-13-17;/h5-6,10,14-15,17H,4,7-9,11-13H2,1-3H3,(H2,19,20,21);1H. The number of nitrogens with zero attached hydrogens (tertiary/aromatic N) is 1. The van der Waals surface area contributed by atoms with Gasteiger partial charge in [-0.1, -0.05) is 6.92 Å². The van der Waals surface area contributed by atoms with Crippen LogP contribution in [0.4, 0.5) is 0 Å². The lowest BCUT2D eigenvalue weighted by Gasteiger charge is -2.22. The number of hydrogen-bond donors (Lipinski definition) is 2. The fourth-order valence-corrected chi connectivity index (χ4v) is 2.40. The summed E-state index contributed by atoms with van der Waals surface area (Å²) in [5.41, 5.74) is 0. The number of aliphatic imine (C=N–C) groups is 1. The monoisotopic (exact) mass is 465 g/mol. The van der Waals surface area contributed by atoms with E-state index in [0.717, 1.165) is 37.6 Å². The van der Waals surface area contributed by atoms with Crippen LogP contribution in [-0.4, -0.2) is 50.5 Å². The summed E-state index contributed by atoms with van der Waals surface area (Å²) in [5, 5.41) is 6.86. The van der Waals surface area contributed by atoms with Gasteiger partial charge in [0.1, 0.15) is 5.76 Å². The summed E-state index contributed by atoms with van der Waals surface area (Å²) >= 11 is 0. The van der Waals surface area contributed by atoms with Crippen LogP contribution >= 0.6 is 24.0 Å². The van der Waals surface area contributed by atoms with E-state index in [1.54, 1.807) is 6.26 Å². The van der Waals surface area contributed by atoms with Crippen molar-refractivity contribution in [2.45, 2.75) is 58.2 Å². The zero-order valence-corrected chi connectivity index (χ0v) is 17.8. The number of furan rings is 1. The fraction of sp³-hybridized carbons (Fsp3) is 0.722. The molecule has 0 radical (unpaired) electrons. The van der Waals surface area contributed by atoms with Crippen LogP contribution in [0.25, 0.3) is 0 Å². The molecule has 1 aromatic heterocycles. The third-order valence-corrected chi connectivity index (χ3v) is 4.06. The smallest absolute Gasteiger partial charge is 0.191 e. The van der Waals surface area contributed by atoms with Crippen LogP contribution < -0.4 is 10.6 Å². The Morgan fingerprint density at radius 1 is 1.36 bits per heavy atom. The van der Waals surface area contributed by atoms with Gasteiger partial charge in [-0.25, -0.2) is 0 Å². The minimum Gasteiger partial charge on any atom is -0.469 e. The Balaban J connectivity index is 0.00000312. The van der Waals surface area contributed by atoms with Crippen molar-refractivity contribution >= 4 is 29.9 Å². The van der Waals surface area contributed by atoms with Crippen molar-refractivity contribution in [3.05, 3.63) is 24.2 Å². The lowest BCUT2D eigenvalue weighted by Crippen LogP contribution is -2.47. The van der Waals surface area contributed by atoms with Crippen LogP contribution in [0.15, 0.2) is 27.8 Å². The summed E-state index contributed by atoms with van der Waals surface area (Å²) in [6.07, 6.45) is 4.76. The van der Waals surface area contributed by atoms with Crippen LogP contribution in [0.5, 0.6) is 0 Å². The van der Waals surface area contributed by atoms with Gasteiger partial charge in [-0.05, 0) is 38.8 Å². The first kappa shape index (κ1) is 22.2. The van der Waals surface area contributed by atoms with Crippen molar-refractivity contribution in [2.75, 3.05) is 26.4 Å². The third-order valence-electron chi connectivity index (χ3n) is 4.06. The molecule has 1 fully saturated rings. The summed E-state index contributed by atoms with van der Waals surface area (Å²) in [6, 6.07) is 4.44. The Morgan fingerprint density at radius 3 is 2.80 bits per heavy atom. The molecule has 0 spiro atoms. The lowest BCUT2D eigenvalue weighted by atomic mass is 10.2. The highest BCUT2D eigenvalue weighted by molar-refractivity contribution is 14.0. The van der Waals surface area contributed by atoms with Gasteiger partial charge in [-0.2, -0.15) is 0 Å². The Kier molecular flexibility index (Phi) is 11.2. The van der Waals surface area contributed by atoms with Gasteiger partial charge >= 0.3 is 0 Å². The molecule has 1 aromatic rings. The van der Waals surface area contributed by atoms with Gasteiger partial charge < -0.3 is 24.5 Å². The zero-order valence-electron chi connectivity index (χ0n) is 15.5. The molecular weight excluding hydrogens is 433 g/mol. The molecule has 6 nitrogen and oxygen atoms in total. The second-order valence-electron chi connectivity index (χ2n) is 6.38. The van der Waals surface area contributed by atoms with Gasteiger partial charge in [0.25, 0.3) is 0 Å². The van der Waals surface area contributed by atoms with Crippen molar-refractivity contribution in [3.8, 4) is 0 Å². The molecule has 2 heterocycles. The number of halogens is 1. The van der Waals surface area contributed by atoms with Crippen molar-refractivity contribution in [3.63, 3.8) is 0 Å². The van der Waals surface area contributed by atoms with Crippen LogP contribution in [0.3, 0.4) is 0 Å². The normalized spacial score (nSPS) is 20.0. The molecule has 1 saturated heterocycles. The van der Waals surface area contributed by atoms with Crippen LogP contribution in [0.1, 0.15) is 39.4 Å². The van der Waals surface area contributed by atoms with E-state index in [1.165, 1.54) is 0 Å². The second-order valence-corrected chi connectivity index (χ2v) is 6.38. The van der Waals surface area contributed by atoms with Gasteiger partial charge in [0, 0.05) is 31.7 Å². The molecule has 1 aliphatic rings. The van der Waals surface area contributed by atoms with E-state index >= 15 is 0 Å². The predicted octanol–water partition coefficient (Wildman–Crippen LogP) is 2.97. The molecule has 0 aliphatic carbocycles. The highest BCUT2D eigenvalue weighted by Gasteiger charge is 2.17. The van der Waals surface area contributed by atoms with E-state index in [-0.39, 0.29) is 36.1 Å². The first-order chi connectivity index (χ1) is 11.7. The van der Waals surface area contributed by atoms with E-state index < -0.39 is 0 Å². The van der Waals surface area contributed by atoms with E-state index in [1.807, 2.05) is 12.1 Å². The summed E-state index contributed by atoms with van der Waals surface area (Å²) in [4.78, 5) is 4.66. The van der Waals surface area contributed by atoms with E-state index in [9.17, 15) is 0 Å². The average Bonchev–Trinajstić information content (AvgIpc) is 3.26. The molecule has 7 heteroatoms. The van der Waals surface area contributed by atoms with Crippen molar-refractivity contribution < 1.29 is 13.9 Å². The van der Waals surface area contributed by atoms with Gasteiger partial charge in [-0.15, -0.1) is 24.0 Å². The fourth-order valence-electron chi connectivity index (χ4n) is 2.40.